The number of nitrogens with one attached hydrogen (secondary N) is 1. The van der Waals surface area contributed by atoms with E-state index in [0.717, 1.165) is 11.3 Å². The van der Waals surface area contributed by atoms with Gasteiger partial charge in [-0.25, -0.2) is 14.6 Å². The van der Waals surface area contributed by atoms with Gasteiger partial charge in [0.2, 0.25) is 6.41 Å². The lowest BCUT2D eigenvalue weighted by atomic mass is 10.1. The minimum atomic E-state index is -0.988. The number of aromatic nitrogens is 2. The van der Waals surface area contributed by atoms with Crippen LogP contribution in [0, 0.1) is 0 Å². The summed E-state index contributed by atoms with van der Waals surface area (Å²) < 4.78 is 0. The van der Waals surface area contributed by atoms with E-state index in [0.29, 0.717) is 5.56 Å². The zero-order valence-electron chi connectivity index (χ0n) is 15.5. The van der Waals surface area contributed by atoms with Gasteiger partial charge in [0.1, 0.15) is 0 Å². The Morgan fingerprint density at radius 3 is 1.73 bits per heavy atom. The van der Waals surface area contributed by atoms with Gasteiger partial charge >= 0.3 is 11.9 Å². The first-order chi connectivity index (χ1) is 14.3. The highest BCUT2D eigenvalue weighted by Gasteiger charge is 2.06. The van der Waals surface area contributed by atoms with E-state index >= 15 is 0 Å². The van der Waals surface area contributed by atoms with Crippen LogP contribution in [0.3, 0.4) is 0 Å². The Labute approximate surface area is 179 Å². The van der Waals surface area contributed by atoms with Gasteiger partial charge in [0.15, 0.2) is 5.78 Å². The molecule has 0 spiro atoms. The lowest BCUT2D eigenvalue weighted by Gasteiger charge is -1.97. The maximum atomic E-state index is 11.1. The van der Waals surface area contributed by atoms with E-state index in [1.807, 2.05) is 0 Å². The van der Waals surface area contributed by atoms with E-state index < -0.39 is 11.9 Å². The number of benzene rings is 2. The van der Waals surface area contributed by atoms with Crippen molar-refractivity contribution in [1.29, 1.82) is 0 Å². The Bertz CT molecular complexity index is 971. The number of alkyl halides is 1. The van der Waals surface area contributed by atoms with Crippen LogP contribution >= 0.6 is 15.9 Å². The van der Waals surface area contributed by atoms with Gasteiger partial charge in [-0.15, -0.1) is 0 Å². The highest BCUT2D eigenvalue weighted by atomic mass is 79.9. The van der Waals surface area contributed by atoms with E-state index in [1.54, 1.807) is 36.8 Å². The minimum absolute atomic E-state index is 0.0584. The highest BCUT2D eigenvalue weighted by molar-refractivity contribution is 9.09. The van der Waals surface area contributed by atoms with Crippen molar-refractivity contribution in [2.45, 2.75) is 0 Å². The van der Waals surface area contributed by atoms with Gasteiger partial charge < -0.3 is 20.9 Å². The van der Waals surface area contributed by atoms with Crippen LogP contribution in [0.1, 0.15) is 31.1 Å². The topological polar surface area (TPSA) is 163 Å². The normalized spacial score (nSPS) is 9.23. The van der Waals surface area contributed by atoms with Crippen LogP contribution in [-0.4, -0.2) is 49.6 Å². The molecule has 30 heavy (non-hydrogen) atoms. The number of carbonyl (C=O) groups is 4. The summed E-state index contributed by atoms with van der Waals surface area (Å²) in [7, 11) is 0. The molecule has 1 heterocycles. The minimum Gasteiger partial charge on any atom is -0.478 e. The van der Waals surface area contributed by atoms with Gasteiger partial charge in [-0.2, -0.15) is 0 Å². The maximum Gasteiger partial charge on any atom is 0.335 e. The molecule has 0 unspecified atom stereocenters. The summed E-state index contributed by atoms with van der Waals surface area (Å²) in [6.45, 7) is 0. The van der Waals surface area contributed by atoms with Crippen molar-refractivity contribution in [2.24, 2.45) is 5.73 Å². The second kappa shape index (κ2) is 12.6. The van der Waals surface area contributed by atoms with Crippen LogP contribution in [0.25, 0.3) is 11.3 Å². The molecule has 0 atom stereocenters. The van der Waals surface area contributed by atoms with Crippen molar-refractivity contribution >= 4 is 40.1 Å². The number of ketones is 1. The number of primary amides is 1. The number of nitrogens with two attached hydrogens (primary N) is 1. The number of Topliss-reactive ketones (excluding diaryl/α,β-unsaturated/α-hetero) is 1. The number of H-pyrrole nitrogens is 1. The number of hydrogen-bond donors (Lipinski definition) is 4. The van der Waals surface area contributed by atoms with E-state index in [-0.39, 0.29) is 28.7 Å². The first kappa shape index (κ1) is 24.2. The summed E-state index contributed by atoms with van der Waals surface area (Å²) >= 11 is 3.03. The van der Waals surface area contributed by atoms with Crippen LogP contribution in [0.5, 0.6) is 0 Å². The Kier molecular flexibility index (Phi) is 10.2. The molecule has 0 radical (unpaired) electrons. The number of carbonyl (C=O) groups excluding carboxylic acids is 2. The van der Waals surface area contributed by atoms with Crippen molar-refractivity contribution in [3.63, 3.8) is 0 Å². The molecule has 10 heteroatoms. The van der Waals surface area contributed by atoms with E-state index in [1.165, 1.54) is 24.3 Å². The van der Waals surface area contributed by atoms with Crippen molar-refractivity contribution in [1.82, 2.24) is 9.97 Å². The van der Waals surface area contributed by atoms with Crippen molar-refractivity contribution in [3.8, 4) is 11.3 Å². The number of carboxylic acids is 2. The predicted molar refractivity (Wildman–Crippen MR) is 113 cm³/mol. The summed E-state index contributed by atoms with van der Waals surface area (Å²) in [5.41, 5.74) is 6.95. The third kappa shape index (κ3) is 7.68. The number of carboxylic acid groups (broad SMARTS) is 2. The molecule has 156 valence electrons. The maximum absolute atomic E-state index is 11.1. The Morgan fingerprint density at radius 2 is 1.37 bits per heavy atom. The molecule has 0 aliphatic carbocycles. The molecule has 0 saturated carbocycles. The average molecular weight is 476 g/mol. The number of amides is 1. The number of aromatic amines is 1. The molecule has 0 saturated heterocycles. The van der Waals surface area contributed by atoms with Crippen molar-refractivity contribution < 1.29 is 29.4 Å². The SMILES string of the molecule is NC=O.O=C(O)c1ccc(-c2cnc[nH]2)cc1.O=C(O)c1ccc(C(=O)CBr)cc1. The van der Waals surface area contributed by atoms with Gasteiger partial charge in [-0.1, -0.05) is 40.2 Å². The van der Waals surface area contributed by atoms with Gasteiger partial charge in [-0.05, 0) is 29.8 Å². The molecule has 5 N–H and O–H groups in total. The van der Waals surface area contributed by atoms with Crippen LogP contribution in [0.2, 0.25) is 0 Å². The molecule has 0 bridgehead atoms. The highest BCUT2D eigenvalue weighted by Crippen LogP contribution is 2.16. The molecule has 9 nitrogen and oxygen atoms in total. The molecule has 0 aliphatic heterocycles. The predicted octanol–water partition coefficient (Wildman–Crippen LogP) is 2.84. The molecular formula is C20H18BrN3O6. The monoisotopic (exact) mass is 475 g/mol. The lowest BCUT2D eigenvalue weighted by molar-refractivity contribution is -0.106. The summed E-state index contributed by atoms with van der Waals surface area (Å²) in [6.07, 6.45) is 3.52. The molecule has 3 aromatic rings. The number of imidazole rings is 1. The molecular weight excluding hydrogens is 458 g/mol. The zero-order chi connectivity index (χ0) is 22.5. The Balaban J connectivity index is 0.000000266. The second-order valence-corrected chi connectivity index (χ2v) is 5.98. The average Bonchev–Trinajstić information content (AvgIpc) is 3.29. The molecule has 1 amide bonds. The third-order valence-electron chi connectivity index (χ3n) is 3.52. The van der Waals surface area contributed by atoms with E-state index in [9.17, 15) is 14.4 Å². The summed E-state index contributed by atoms with van der Waals surface area (Å²) in [6, 6.07) is 12.5. The van der Waals surface area contributed by atoms with Crippen LogP contribution in [-0.2, 0) is 4.79 Å². The fourth-order valence-electron chi connectivity index (χ4n) is 2.08. The lowest BCUT2D eigenvalue weighted by Crippen LogP contribution is -2.01. The number of nitrogens with zero attached hydrogens (tertiary/aromatic N) is 1. The number of rotatable bonds is 5. The van der Waals surface area contributed by atoms with Crippen LogP contribution in [0.15, 0.2) is 61.1 Å². The Hall–Kier alpha value is -3.79. The summed E-state index contributed by atoms with van der Waals surface area (Å²) in [5, 5.41) is 17.5. The first-order valence-corrected chi connectivity index (χ1v) is 9.36. The van der Waals surface area contributed by atoms with Gasteiger partial charge in [-0.3, -0.25) is 9.59 Å². The molecule has 0 fully saturated rings. The van der Waals surface area contributed by atoms with Crippen molar-refractivity contribution in [3.05, 3.63) is 77.7 Å². The van der Waals surface area contributed by atoms with Crippen molar-refractivity contribution in [2.75, 3.05) is 5.33 Å². The number of hydrogen-bond acceptors (Lipinski definition) is 5. The van der Waals surface area contributed by atoms with E-state index in [2.05, 4.69) is 31.6 Å². The van der Waals surface area contributed by atoms with Crippen LogP contribution in [0.4, 0.5) is 0 Å². The van der Waals surface area contributed by atoms with Gasteiger partial charge in [0.25, 0.3) is 0 Å². The molecule has 2 aromatic carbocycles. The molecule has 3 rings (SSSR count). The fourth-order valence-corrected chi connectivity index (χ4v) is 2.41. The molecule has 0 aliphatic rings. The van der Waals surface area contributed by atoms with Crippen LogP contribution < -0.4 is 5.73 Å². The number of halogens is 1. The largest absolute Gasteiger partial charge is 0.478 e. The Morgan fingerprint density at radius 1 is 0.933 bits per heavy atom. The first-order valence-electron chi connectivity index (χ1n) is 8.24. The smallest absolute Gasteiger partial charge is 0.335 e. The molecule has 1 aromatic heterocycles. The number of aromatic carboxylic acids is 2. The standard InChI is InChI=1S/C10H8N2O2.C9H7BrO3.CH3NO/c13-10(14)8-3-1-7(2-4-8)9-5-11-6-12-9;10-5-8(11)6-1-3-7(4-2-6)9(12)13;2-1-3/h1-6H,(H,11,12)(H,13,14);1-4H,5H2,(H,12,13);1H,(H2,2,3). The second-order valence-electron chi connectivity index (χ2n) is 5.42. The summed E-state index contributed by atoms with van der Waals surface area (Å²) in [5.74, 6) is -1.96. The van der Waals surface area contributed by atoms with E-state index in [4.69, 9.17) is 15.0 Å². The third-order valence-corrected chi connectivity index (χ3v) is 4.03. The fraction of sp³-hybridized carbons (Fsp3) is 0.0500. The zero-order valence-corrected chi connectivity index (χ0v) is 17.1. The van der Waals surface area contributed by atoms with Gasteiger partial charge in [0, 0.05) is 5.56 Å². The quantitative estimate of drug-likeness (QED) is 0.250. The van der Waals surface area contributed by atoms with Gasteiger partial charge in [0.05, 0.1) is 34.7 Å². The summed E-state index contributed by atoms with van der Waals surface area (Å²) in [4.78, 5) is 47.5.